The Balaban J connectivity index is 1.50. The van der Waals surface area contributed by atoms with Crippen molar-refractivity contribution in [3.8, 4) is 11.4 Å². The average molecular weight is 554 g/mol. The zero-order chi connectivity index (χ0) is 28.1. The summed E-state index contributed by atoms with van der Waals surface area (Å²) >= 11 is 0. The summed E-state index contributed by atoms with van der Waals surface area (Å²) in [6, 6.07) is 18.2. The van der Waals surface area contributed by atoms with Crippen LogP contribution < -0.4 is 15.3 Å². The number of carbonyl (C=O) groups excluding carboxylic acids is 1. The van der Waals surface area contributed by atoms with Crippen molar-refractivity contribution in [2.24, 2.45) is 0 Å². The van der Waals surface area contributed by atoms with Gasteiger partial charge in [-0.05, 0) is 66.9 Å². The molecule has 1 saturated heterocycles. The van der Waals surface area contributed by atoms with Crippen molar-refractivity contribution in [1.29, 1.82) is 0 Å². The topological polar surface area (TPSA) is 74.9 Å². The Morgan fingerprint density at radius 2 is 1.62 bits per heavy atom. The van der Waals surface area contributed by atoms with E-state index >= 15 is 0 Å². The number of anilines is 1. The second-order valence-electron chi connectivity index (χ2n) is 9.87. The summed E-state index contributed by atoms with van der Waals surface area (Å²) in [7, 11) is 1.30. The third-order valence-corrected chi connectivity index (χ3v) is 7.50. The maximum absolute atomic E-state index is 14.2. The number of morpholine rings is 1. The summed E-state index contributed by atoms with van der Waals surface area (Å²) in [5, 5.41) is 0. The zero-order valence-corrected chi connectivity index (χ0v) is 21.6. The lowest BCUT2D eigenvalue weighted by atomic mass is 10.0. The van der Waals surface area contributed by atoms with Gasteiger partial charge in [-0.15, -0.1) is 13.2 Å². The molecule has 3 aromatic carbocycles. The number of carbonyl (C=O) groups is 1. The smallest absolute Gasteiger partial charge is 0.465 e. The van der Waals surface area contributed by atoms with Gasteiger partial charge in [0.25, 0.3) is 0 Å². The van der Waals surface area contributed by atoms with E-state index in [2.05, 4.69) is 9.64 Å². The number of halogens is 3. The number of rotatable bonds is 6. The fourth-order valence-corrected chi connectivity index (χ4v) is 5.49. The number of esters is 1. The molecule has 6 rings (SSSR count). The van der Waals surface area contributed by atoms with Gasteiger partial charge in [0.1, 0.15) is 5.75 Å². The number of imidazole rings is 1. The number of nitrogens with zero attached hydrogens (tertiary/aromatic N) is 3. The second-order valence-corrected chi connectivity index (χ2v) is 9.87. The van der Waals surface area contributed by atoms with Gasteiger partial charge in [0.2, 0.25) is 0 Å². The molecule has 8 nitrogen and oxygen atoms in total. The van der Waals surface area contributed by atoms with E-state index in [0.29, 0.717) is 42.8 Å². The number of ether oxygens (including phenoxy) is 3. The highest BCUT2D eigenvalue weighted by Gasteiger charge is 2.49. The van der Waals surface area contributed by atoms with Gasteiger partial charge in [-0.2, -0.15) is 0 Å². The Hall–Kier alpha value is -4.25. The van der Waals surface area contributed by atoms with Gasteiger partial charge in [0.05, 0.1) is 48.1 Å². The van der Waals surface area contributed by atoms with Gasteiger partial charge in [-0.25, -0.2) is 9.59 Å². The molecule has 1 aromatic heterocycles. The summed E-state index contributed by atoms with van der Waals surface area (Å²) in [6.07, 6.45) is -3.64. The molecule has 0 N–H and O–H groups in total. The first-order valence-electron chi connectivity index (χ1n) is 12.9. The summed E-state index contributed by atoms with van der Waals surface area (Å²) in [5.74, 6) is -0.921. The molecule has 0 unspecified atom stereocenters. The molecule has 208 valence electrons. The molecule has 0 bridgehead atoms. The Bertz CT molecular complexity index is 1630. The number of aromatic nitrogens is 2. The number of hydrogen-bond acceptors (Lipinski definition) is 6. The lowest BCUT2D eigenvalue weighted by molar-refractivity contribution is -0.274. The predicted octanol–water partition coefficient (Wildman–Crippen LogP) is 4.85. The Morgan fingerprint density at radius 1 is 0.925 bits per heavy atom. The molecule has 2 heterocycles. The second kappa shape index (κ2) is 9.74. The van der Waals surface area contributed by atoms with E-state index < -0.39 is 29.3 Å². The number of benzene rings is 3. The minimum atomic E-state index is -4.88. The highest BCUT2D eigenvalue weighted by Crippen LogP contribution is 2.50. The van der Waals surface area contributed by atoms with Gasteiger partial charge in [-0.3, -0.25) is 9.13 Å². The van der Waals surface area contributed by atoms with Crippen LogP contribution in [0.2, 0.25) is 0 Å². The normalized spacial score (nSPS) is 16.6. The van der Waals surface area contributed by atoms with Crippen LogP contribution in [0, 0.1) is 0 Å². The van der Waals surface area contributed by atoms with Crippen molar-refractivity contribution < 1.29 is 32.2 Å². The maximum Gasteiger partial charge on any atom is 0.573 e. The molecule has 1 aliphatic carbocycles. The van der Waals surface area contributed by atoms with Crippen LogP contribution in [0.5, 0.6) is 5.75 Å². The van der Waals surface area contributed by atoms with Crippen LogP contribution in [-0.2, 0) is 15.0 Å². The molecule has 0 radical (unpaired) electrons. The number of alkyl halides is 3. The van der Waals surface area contributed by atoms with Crippen LogP contribution in [0.1, 0.15) is 28.8 Å². The third-order valence-electron chi connectivity index (χ3n) is 7.50. The largest absolute Gasteiger partial charge is 0.573 e. The highest BCUT2D eigenvalue weighted by molar-refractivity contribution is 5.89. The molecule has 0 atom stereocenters. The summed E-state index contributed by atoms with van der Waals surface area (Å²) < 4.78 is 56.7. The SMILES string of the molecule is COC(=O)c1cccc(C2(n3c(=O)n(-c4ccc(N5CCOCC5)cc4)c4cc(OC(F)(F)F)ccc43)CC2)c1. The van der Waals surface area contributed by atoms with Gasteiger partial charge in [0, 0.05) is 24.8 Å². The van der Waals surface area contributed by atoms with Gasteiger partial charge >= 0.3 is 18.0 Å². The number of methoxy groups -OCH3 is 1. The monoisotopic (exact) mass is 553 g/mol. The lowest BCUT2D eigenvalue weighted by Crippen LogP contribution is -2.36. The molecule has 0 spiro atoms. The Labute approximate surface area is 227 Å². The standard InChI is InChI=1S/C29H26F3N3O5/c1-38-26(36)19-3-2-4-20(17-19)28(11-12-28)35-24-10-9-23(40-29(30,31)32)18-25(24)34(27(35)37)22-7-5-21(6-8-22)33-13-15-39-16-14-33/h2-10,17-18H,11-16H2,1H3. The fraction of sp³-hybridized carbons (Fsp3) is 0.310. The van der Waals surface area contributed by atoms with Crippen LogP contribution in [0.4, 0.5) is 18.9 Å². The Morgan fingerprint density at radius 3 is 2.27 bits per heavy atom. The van der Waals surface area contributed by atoms with Crippen molar-refractivity contribution in [2.75, 3.05) is 38.3 Å². The Kier molecular flexibility index (Phi) is 6.33. The van der Waals surface area contributed by atoms with Gasteiger partial charge in [-0.1, -0.05) is 12.1 Å². The highest BCUT2D eigenvalue weighted by atomic mass is 19.4. The quantitative estimate of drug-likeness (QED) is 0.318. The first kappa shape index (κ1) is 26.0. The average Bonchev–Trinajstić information content (AvgIpc) is 3.70. The minimum Gasteiger partial charge on any atom is -0.465 e. The molecular weight excluding hydrogens is 527 g/mol. The van der Waals surface area contributed by atoms with E-state index in [9.17, 15) is 22.8 Å². The van der Waals surface area contributed by atoms with Crippen molar-refractivity contribution in [2.45, 2.75) is 24.7 Å². The van der Waals surface area contributed by atoms with Crippen LogP contribution in [-0.4, -0.2) is 54.9 Å². The molecule has 4 aromatic rings. The molecule has 2 aliphatic rings. The van der Waals surface area contributed by atoms with Crippen molar-refractivity contribution in [3.05, 3.63) is 88.3 Å². The maximum atomic E-state index is 14.2. The van der Waals surface area contributed by atoms with E-state index in [1.165, 1.54) is 29.9 Å². The lowest BCUT2D eigenvalue weighted by Gasteiger charge is -2.28. The first-order chi connectivity index (χ1) is 19.2. The van der Waals surface area contributed by atoms with Crippen LogP contribution in [0.3, 0.4) is 0 Å². The summed E-state index contributed by atoms with van der Waals surface area (Å²) in [4.78, 5) is 28.5. The fourth-order valence-electron chi connectivity index (χ4n) is 5.49. The molecule has 1 saturated carbocycles. The molecule has 0 amide bonds. The van der Waals surface area contributed by atoms with E-state index in [1.807, 2.05) is 18.2 Å². The van der Waals surface area contributed by atoms with Gasteiger partial charge < -0.3 is 19.1 Å². The summed E-state index contributed by atoms with van der Waals surface area (Å²) in [6.45, 7) is 2.72. The zero-order valence-electron chi connectivity index (χ0n) is 21.6. The molecular formula is C29H26F3N3O5. The number of hydrogen-bond donors (Lipinski definition) is 0. The van der Waals surface area contributed by atoms with Crippen molar-refractivity contribution >= 4 is 22.7 Å². The molecule has 1 aliphatic heterocycles. The van der Waals surface area contributed by atoms with E-state index in [1.54, 1.807) is 34.9 Å². The molecule has 2 fully saturated rings. The molecule has 11 heteroatoms. The molecule has 40 heavy (non-hydrogen) atoms. The van der Waals surface area contributed by atoms with E-state index in [4.69, 9.17) is 9.47 Å². The minimum absolute atomic E-state index is 0.279. The van der Waals surface area contributed by atoms with Crippen LogP contribution in [0.25, 0.3) is 16.7 Å². The third kappa shape index (κ3) is 4.60. The predicted molar refractivity (Wildman–Crippen MR) is 141 cm³/mol. The van der Waals surface area contributed by atoms with E-state index in [-0.39, 0.29) is 5.52 Å². The van der Waals surface area contributed by atoms with Crippen LogP contribution in [0.15, 0.2) is 71.5 Å². The van der Waals surface area contributed by atoms with Crippen LogP contribution >= 0.6 is 0 Å². The first-order valence-corrected chi connectivity index (χ1v) is 12.9. The van der Waals surface area contributed by atoms with Gasteiger partial charge in [0.15, 0.2) is 0 Å². The van der Waals surface area contributed by atoms with Crippen molar-refractivity contribution in [1.82, 2.24) is 9.13 Å². The number of fused-ring (bicyclic) bond motifs is 1. The van der Waals surface area contributed by atoms with Crippen molar-refractivity contribution in [3.63, 3.8) is 0 Å². The van der Waals surface area contributed by atoms with E-state index in [0.717, 1.165) is 24.3 Å². The summed E-state index contributed by atoms with van der Waals surface area (Å²) in [5.41, 5.74) is 2.14.